The lowest BCUT2D eigenvalue weighted by Crippen LogP contribution is -1.97. The van der Waals surface area contributed by atoms with Crippen molar-refractivity contribution >= 4 is 21.9 Å². The van der Waals surface area contributed by atoms with Crippen LogP contribution in [-0.2, 0) is 6.61 Å². The standard InChI is InChI=1S/C15H13BrO5/c1-20-14-6-9(8-17)2-4-13(14)21-12-5-3-10(15(18)19)7-11(12)16/h2-7,17H,8H2,1H3,(H,18,19). The molecule has 21 heavy (non-hydrogen) atoms. The molecule has 0 atom stereocenters. The van der Waals surface area contributed by atoms with E-state index in [0.717, 1.165) is 0 Å². The van der Waals surface area contributed by atoms with E-state index in [-0.39, 0.29) is 12.2 Å². The van der Waals surface area contributed by atoms with Gasteiger partial charge in [0.05, 0.1) is 23.8 Å². The van der Waals surface area contributed by atoms with Gasteiger partial charge in [0.25, 0.3) is 0 Å². The number of halogens is 1. The molecular formula is C15H13BrO5. The second-order valence-electron chi connectivity index (χ2n) is 4.20. The van der Waals surface area contributed by atoms with Crippen LogP contribution in [-0.4, -0.2) is 23.3 Å². The summed E-state index contributed by atoms with van der Waals surface area (Å²) in [5.41, 5.74) is 0.872. The van der Waals surface area contributed by atoms with Crippen molar-refractivity contribution in [2.24, 2.45) is 0 Å². The molecule has 0 saturated carbocycles. The summed E-state index contributed by atoms with van der Waals surface area (Å²) in [4.78, 5) is 10.9. The van der Waals surface area contributed by atoms with Gasteiger partial charge in [0.2, 0.25) is 0 Å². The van der Waals surface area contributed by atoms with Gasteiger partial charge in [-0.2, -0.15) is 0 Å². The summed E-state index contributed by atoms with van der Waals surface area (Å²) in [6, 6.07) is 9.56. The van der Waals surface area contributed by atoms with E-state index in [1.165, 1.54) is 19.2 Å². The quantitative estimate of drug-likeness (QED) is 0.861. The lowest BCUT2D eigenvalue weighted by Gasteiger charge is -2.12. The fraction of sp³-hybridized carbons (Fsp3) is 0.133. The Morgan fingerprint density at radius 3 is 2.43 bits per heavy atom. The zero-order valence-electron chi connectivity index (χ0n) is 11.2. The van der Waals surface area contributed by atoms with E-state index in [9.17, 15) is 4.79 Å². The van der Waals surface area contributed by atoms with Gasteiger partial charge >= 0.3 is 5.97 Å². The number of aliphatic hydroxyl groups excluding tert-OH is 1. The Kier molecular flexibility index (Phi) is 4.82. The topological polar surface area (TPSA) is 76.0 Å². The molecule has 2 aromatic carbocycles. The molecule has 0 aliphatic heterocycles. The van der Waals surface area contributed by atoms with Crippen LogP contribution in [0, 0.1) is 0 Å². The zero-order valence-corrected chi connectivity index (χ0v) is 12.8. The van der Waals surface area contributed by atoms with Crippen molar-refractivity contribution < 1.29 is 24.5 Å². The third kappa shape index (κ3) is 3.53. The van der Waals surface area contributed by atoms with Gasteiger partial charge in [-0.05, 0) is 51.8 Å². The second kappa shape index (κ2) is 6.60. The maximum atomic E-state index is 10.9. The third-order valence-electron chi connectivity index (χ3n) is 2.81. The molecule has 0 aliphatic rings. The Bertz CT molecular complexity index is 669. The Labute approximate surface area is 129 Å². The minimum Gasteiger partial charge on any atom is -0.493 e. The monoisotopic (exact) mass is 352 g/mol. The molecule has 2 rings (SSSR count). The van der Waals surface area contributed by atoms with Crippen LogP contribution in [0.1, 0.15) is 15.9 Å². The van der Waals surface area contributed by atoms with Crippen molar-refractivity contribution in [3.05, 3.63) is 52.0 Å². The van der Waals surface area contributed by atoms with E-state index >= 15 is 0 Å². The number of hydrogen-bond donors (Lipinski definition) is 2. The molecule has 0 heterocycles. The molecule has 0 bridgehead atoms. The molecule has 0 radical (unpaired) electrons. The van der Waals surface area contributed by atoms with E-state index in [1.807, 2.05) is 0 Å². The van der Waals surface area contributed by atoms with Gasteiger partial charge in [-0.25, -0.2) is 4.79 Å². The number of hydrogen-bond acceptors (Lipinski definition) is 4. The normalized spacial score (nSPS) is 10.2. The molecule has 6 heteroatoms. The Hall–Kier alpha value is -2.05. The average Bonchev–Trinajstić information content (AvgIpc) is 2.49. The number of carboxylic acid groups (broad SMARTS) is 1. The fourth-order valence-corrected chi connectivity index (χ4v) is 2.19. The molecule has 110 valence electrons. The predicted molar refractivity (Wildman–Crippen MR) is 80.1 cm³/mol. The van der Waals surface area contributed by atoms with Gasteiger partial charge in [0.1, 0.15) is 5.75 Å². The number of benzene rings is 2. The van der Waals surface area contributed by atoms with Crippen LogP contribution in [0.25, 0.3) is 0 Å². The Morgan fingerprint density at radius 2 is 1.86 bits per heavy atom. The zero-order chi connectivity index (χ0) is 15.4. The maximum absolute atomic E-state index is 10.9. The second-order valence-corrected chi connectivity index (χ2v) is 5.05. The summed E-state index contributed by atoms with van der Waals surface area (Å²) in [6.45, 7) is -0.0896. The van der Waals surface area contributed by atoms with Crippen LogP contribution >= 0.6 is 15.9 Å². The summed E-state index contributed by atoms with van der Waals surface area (Å²) < 4.78 is 11.5. The number of methoxy groups -OCH3 is 1. The highest BCUT2D eigenvalue weighted by molar-refractivity contribution is 9.10. The van der Waals surface area contributed by atoms with Crippen LogP contribution in [0.4, 0.5) is 0 Å². The first-order valence-corrected chi connectivity index (χ1v) is 6.83. The van der Waals surface area contributed by atoms with Gasteiger partial charge in [-0.15, -0.1) is 0 Å². The highest BCUT2D eigenvalue weighted by Gasteiger charge is 2.11. The summed E-state index contributed by atoms with van der Waals surface area (Å²) in [5.74, 6) is 0.413. The van der Waals surface area contributed by atoms with Crippen molar-refractivity contribution in [3.63, 3.8) is 0 Å². The van der Waals surface area contributed by atoms with E-state index < -0.39 is 5.97 Å². The first kappa shape index (κ1) is 15.3. The van der Waals surface area contributed by atoms with Gasteiger partial charge in [0, 0.05) is 0 Å². The SMILES string of the molecule is COc1cc(CO)ccc1Oc1ccc(C(=O)O)cc1Br. The summed E-state index contributed by atoms with van der Waals surface area (Å²) in [6.07, 6.45) is 0. The summed E-state index contributed by atoms with van der Waals surface area (Å²) in [5, 5.41) is 18.0. The van der Waals surface area contributed by atoms with Gasteiger partial charge in [0.15, 0.2) is 11.5 Å². The summed E-state index contributed by atoms with van der Waals surface area (Å²) >= 11 is 3.28. The van der Waals surface area contributed by atoms with E-state index in [1.54, 1.807) is 24.3 Å². The van der Waals surface area contributed by atoms with Gasteiger partial charge in [-0.1, -0.05) is 6.07 Å². The Morgan fingerprint density at radius 1 is 1.14 bits per heavy atom. The molecule has 0 amide bonds. The number of ether oxygens (including phenoxy) is 2. The number of rotatable bonds is 5. The van der Waals surface area contributed by atoms with Crippen molar-refractivity contribution in [2.75, 3.05) is 7.11 Å². The number of aromatic carboxylic acids is 1. The van der Waals surface area contributed by atoms with Crippen molar-refractivity contribution in [3.8, 4) is 17.2 Å². The van der Waals surface area contributed by atoms with Crippen LogP contribution in [0.2, 0.25) is 0 Å². The molecule has 0 unspecified atom stereocenters. The number of carbonyl (C=O) groups is 1. The molecule has 2 aromatic rings. The lowest BCUT2D eigenvalue weighted by molar-refractivity contribution is 0.0697. The number of aliphatic hydroxyl groups is 1. The molecule has 0 saturated heterocycles. The van der Waals surface area contributed by atoms with Crippen molar-refractivity contribution in [1.82, 2.24) is 0 Å². The summed E-state index contributed by atoms with van der Waals surface area (Å²) in [7, 11) is 1.51. The average molecular weight is 353 g/mol. The van der Waals surface area contributed by atoms with Crippen molar-refractivity contribution in [1.29, 1.82) is 0 Å². The first-order chi connectivity index (χ1) is 10.0. The number of carboxylic acids is 1. The minimum absolute atomic E-state index is 0.0896. The highest BCUT2D eigenvalue weighted by atomic mass is 79.9. The van der Waals surface area contributed by atoms with E-state index in [0.29, 0.717) is 27.3 Å². The van der Waals surface area contributed by atoms with Crippen molar-refractivity contribution in [2.45, 2.75) is 6.61 Å². The smallest absolute Gasteiger partial charge is 0.335 e. The Balaban J connectivity index is 2.32. The first-order valence-electron chi connectivity index (χ1n) is 6.03. The molecule has 2 N–H and O–H groups in total. The minimum atomic E-state index is -1.01. The van der Waals surface area contributed by atoms with Crippen LogP contribution in [0.3, 0.4) is 0 Å². The predicted octanol–water partition coefficient (Wildman–Crippen LogP) is 3.44. The molecule has 0 spiro atoms. The molecule has 0 aromatic heterocycles. The van der Waals surface area contributed by atoms with Crippen LogP contribution in [0.5, 0.6) is 17.2 Å². The molecule has 0 aliphatic carbocycles. The van der Waals surface area contributed by atoms with Gasteiger partial charge in [-0.3, -0.25) is 0 Å². The maximum Gasteiger partial charge on any atom is 0.335 e. The molecule has 0 fully saturated rings. The van der Waals surface area contributed by atoms with E-state index in [2.05, 4.69) is 15.9 Å². The highest BCUT2D eigenvalue weighted by Crippen LogP contribution is 2.36. The fourth-order valence-electron chi connectivity index (χ4n) is 1.73. The molecular weight excluding hydrogens is 340 g/mol. The lowest BCUT2D eigenvalue weighted by atomic mass is 10.2. The van der Waals surface area contributed by atoms with Gasteiger partial charge < -0.3 is 19.7 Å². The van der Waals surface area contributed by atoms with Crippen LogP contribution in [0.15, 0.2) is 40.9 Å². The third-order valence-corrected chi connectivity index (χ3v) is 3.43. The van der Waals surface area contributed by atoms with E-state index in [4.69, 9.17) is 19.7 Å². The molecule has 5 nitrogen and oxygen atoms in total. The largest absolute Gasteiger partial charge is 0.493 e. The van der Waals surface area contributed by atoms with Crippen LogP contribution < -0.4 is 9.47 Å².